The minimum Gasteiger partial charge on any atom is -0.493 e. The lowest BCUT2D eigenvalue weighted by Crippen LogP contribution is -2.25. The van der Waals surface area contributed by atoms with Crippen LogP contribution in [0.3, 0.4) is 0 Å². The SMILES string of the molecule is COC(=O)c1ccc(C(Oc2ccc(C#N)cc2)C(=O)Nc2nc3cc(OC)c(OC)cc3s2)cc1. The van der Waals surface area contributed by atoms with Crippen LogP contribution in [0.15, 0.2) is 60.7 Å². The second-order valence-electron chi connectivity index (χ2n) is 7.43. The number of thiazole rings is 1. The second kappa shape index (κ2) is 10.8. The number of benzene rings is 3. The van der Waals surface area contributed by atoms with Gasteiger partial charge < -0.3 is 18.9 Å². The molecule has 36 heavy (non-hydrogen) atoms. The van der Waals surface area contributed by atoms with Gasteiger partial charge in [-0.1, -0.05) is 23.5 Å². The molecule has 4 aromatic rings. The Hall–Kier alpha value is -4.62. The number of nitriles is 1. The van der Waals surface area contributed by atoms with Crippen LogP contribution >= 0.6 is 11.3 Å². The fourth-order valence-corrected chi connectivity index (χ4v) is 4.29. The highest BCUT2D eigenvalue weighted by atomic mass is 32.1. The van der Waals surface area contributed by atoms with Gasteiger partial charge in [0.25, 0.3) is 5.91 Å². The van der Waals surface area contributed by atoms with Crippen molar-refractivity contribution in [3.63, 3.8) is 0 Å². The number of methoxy groups -OCH3 is 3. The first kappa shape index (κ1) is 24.5. The number of esters is 1. The molecule has 0 saturated heterocycles. The highest BCUT2D eigenvalue weighted by molar-refractivity contribution is 7.22. The van der Waals surface area contributed by atoms with Crippen molar-refractivity contribution in [3.05, 3.63) is 77.4 Å². The zero-order chi connectivity index (χ0) is 25.7. The van der Waals surface area contributed by atoms with Gasteiger partial charge in [-0.15, -0.1) is 0 Å². The zero-order valence-corrected chi connectivity index (χ0v) is 20.4. The Morgan fingerprint density at radius 1 is 0.972 bits per heavy atom. The van der Waals surface area contributed by atoms with Gasteiger partial charge in [0, 0.05) is 17.7 Å². The zero-order valence-electron chi connectivity index (χ0n) is 19.6. The summed E-state index contributed by atoms with van der Waals surface area (Å²) in [6.45, 7) is 0. The molecule has 1 amide bonds. The molecule has 3 aromatic carbocycles. The summed E-state index contributed by atoms with van der Waals surface area (Å²) in [7, 11) is 4.38. The molecule has 0 aliphatic carbocycles. The number of hydrogen-bond donors (Lipinski definition) is 1. The Labute approximate surface area is 210 Å². The summed E-state index contributed by atoms with van der Waals surface area (Å²) >= 11 is 1.28. The first-order valence-corrected chi connectivity index (χ1v) is 11.5. The average Bonchev–Trinajstić information content (AvgIpc) is 3.31. The summed E-state index contributed by atoms with van der Waals surface area (Å²) in [5, 5.41) is 12.2. The fourth-order valence-electron chi connectivity index (χ4n) is 3.41. The van der Waals surface area contributed by atoms with E-state index >= 15 is 0 Å². The normalized spacial score (nSPS) is 11.3. The summed E-state index contributed by atoms with van der Waals surface area (Å²) in [6, 6.07) is 18.3. The van der Waals surface area contributed by atoms with Crippen molar-refractivity contribution in [3.8, 4) is 23.3 Å². The predicted octanol–water partition coefficient (Wildman–Crippen LogP) is 4.73. The lowest BCUT2D eigenvalue weighted by Gasteiger charge is -2.19. The number of fused-ring (bicyclic) bond motifs is 1. The number of amides is 1. The largest absolute Gasteiger partial charge is 0.493 e. The summed E-state index contributed by atoms with van der Waals surface area (Å²) in [5.74, 6) is 0.518. The maximum Gasteiger partial charge on any atom is 0.337 e. The first-order valence-electron chi connectivity index (χ1n) is 10.6. The van der Waals surface area contributed by atoms with Crippen molar-refractivity contribution in [1.82, 2.24) is 4.98 Å². The van der Waals surface area contributed by atoms with Crippen LogP contribution in [0.5, 0.6) is 17.2 Å². The minimum atomic E-state index is -1.07. The molecule has 0 radical (unpaired) electrons. The smallest absolute Gasteiger partial charge is 0.337 e. The van der Waals surface area contributed by atoms with Crippen LogP contribution in [0.25, 0.3) is 10.2 Å². The van der Waals surface area contributed by atoms with Crippen LogP contribution in [0.4, 0.5) is 5.13 Å². The Balaban J connectivity index is 1.64. The van der Waals surface area contributed by atoms with Gasteiger partial charge in [-0.2, -0.15) is 5.26 Å². The third-order valence-electron chi connectivity index (χ3n) is 5.23. The van der Waals surface area contributed by atoms with Crippen LogP contribution in [-0.4, -0.2) is 38.2 Å². The van der Waals surface area contributed by atoms with Crippen LogP contribution in [0.1, 0.15) is 27.6 Å². The summed E-state index contributed by atoms with van der Waals surface area (Å²) < 4.78 is 22.2. The molecular formula is C26H21N3O6S. The van der Waals surface area contributed by atoms with Crippen molar-refractivity contribution in [2.24, 2.45) is 0 Å². The van der Waals surface area contributed by atoms with E-state index in [1.54, 1.807) is 67.8 Å². The number of nitrogens with zero attached hydrogens (tertiary/aromatic N) is 2. The maximum absolute atomic E-state index is 13.4. The number of carbonyl (C=O) groups excluding carboxylic acids is 2. The van der Waals surface area contributed by atoms with Gasteiger partial charge in [0.15, 0.2) is 16.6 Å². The van der Waals surface area contributed by atoms with Crippen molar-refractivity contribution >= 4 is 38.6 Å². The summed E-state index contributed by atoms with van der Waals surface area (Å²) in [6.07, 6.45) is -1.07. The van der Waals surface area contributed by atoms with E-state index in [1.807, 2.05) is 6.07 Å². The third-order valence-corrected chi connectivity index (χ3v) is 6.17. The van der Waals surface area contributed by atoms with E-state index in [0.717, 1.165) is 4.70 Å². The van der Waals surface area contributed by atoms with E-state index in [9.17, 15) is 9.59 Å². The number of hydrogen-bond acceptors (Lipinski definition) is 9. The van der Waals surface area contributed by atoms with Crippen molar-refractivity contribution in [1.29, 1.82) is 5.26 Å². The van der Waals surface area contributed by atoms with Crippen molar-refractivity contribution in [2.75, 3.05) is 26.6 Å². The molecule has 0 saturated carbocycles. The summed E-state index contributed by atoms with van der Waals surface area (Å²) in [5.41, 5.74) is 1.95. The highest BCUT2D eigenvalue weighted by Gasteiger charge is 2.25. The van der Waals surface area contributed by atoms with Gasteiger partial charge in [0.2, 0.25) is 6.10 Å². The molecule has 0 fully saturated rings. The lowest BCUT2D eigenvalue weighted by atomic mass is 10.1. The van der Waals surface area contributed by atoms with Gasteiger partial charge in [0.1, 0.15) is 5.75 Å². The van der Waals surface area contributed by atoms with E-state index in [4.69, 9.17) is 24.2 Å². The number of rotatable bonds is 8. The lowest BCUT2D eigenvalue weighted by molar-refractivity contribution is -0.123. The number of aromatic nitrogens is 1. The van der Waals surface area contributed by atoms with Gasteiger partial charge >= 0.3 is 5.97 Å². The van der Waals surface area contributed by atoms with Gasteiger partial charge in [-0.25, -0.2) is 9.78 Å². The molecule has 10 heteroatoms. The highest BCUT2D eigenvalue weighted by Crippen LogP contribution is 2.36. The van der Waals surface area contributed by atoms with Gasteiger partial charge in [-0.3, -0.25) is 10.1 Å². The van der Waals surface area contributed by atoms with Crippen molar-refractivity contribution < 1.29 is 28.5 Å². The maximum atomic E-state index is 13.4. The fraction of sp³-hybridized carbons (Fsp3) is 0.154. The molecule has 1 atom stereocenters. The molecule has 182 valence electrons. The first-order chi connectivity index (χ1) is 17.4. The molecule has 1 heterocycles. The van der Waals surface area contributed by atoms with Gasteiger partial charge in [0.05, 0.1) is 48.7 Å². The van der Waals surface area contributed by atoms with Crippen molar-refractivity contribution in [2.45, 2.75) is 6.10 Å². The third kappa shape index (κ3) is 5.21. The molecular weight excluding hydrogens is 482 g/mol. The predicted molar refractivity (Wildman–Crippen MR) is 134 cm³/mol. The molecule has 0 spiro atoms. The molecule has 1 aromatic heterocycles. The Morgan fingerprint density at radius 2 is 1.64 bits per heavy atom. The molecule has 9 nitrogen and oxygen atoms in total. The van der Waals surface area contributed by atoms with E-state index < -0.39 is 18.0 Å². The van der Waals surface area contributed by atoms with E-state index in [0.29, 0.717) is 44.6 Å². The van der Waals surface area contributed by atoms with Crippen LogP contribution in [0, 0.1) is 11.3 Å². The molecule has 4 rings (SSSR count). The molecule has 1 N–H and O–H groups in total. The number of nitrogens with one attached hydrogen (secondary N) is 1. The van der Waals surface area contributed by atoms with Crippen LogP contribution in [-0.2, 0) is 9.53 Å². The Morgan fingerprint density at radius 3 is 2.25 bits per heavy atom. The average molecular weight is 504 g/mol. The number of carbonyl (C=O) groups is 2. The molecule has 0 aliphatic heterocycles. The molecule has 0 bridgehead atoms. The number of ether oxygens (including phenoxy) is 4. The molecule has 1 unspecified atom stereocenters. The standard InChI is InChI=1S/C26H21N3O6S/c1-32-20-12-19-22(13-21(20)33-2)36-26(28-19)29-24(30)23(35-18-10-4-15(14-27)5-11-18)16-6-8-17(9-7-16)25(31)34-3/h4-13,23H,1-3H3,(H,28,29,30). The topological polar surface area (TPSA) is 120 Å². The minimum absolute atomic E-state index is 0.341. The van der Waals surface area contributed by atoms with Crippen LogP contribution in [0.2, 0.25) is 0 Å². The van der Waals surface area contributed by atoms with E-state index in [2.05, 4.69) is 10.3 Å². The summed E-state index contributed by atoms with van der Waals surface area (Å²) in [4.78, 5) is 29.7. The van der Waals surface area contributed by atoms with E-state index in [1.165, 1.54) is 25.6 Å². The number of anilines is 1. The van der Waals surface area contributed by atoms with E-state index in [-0.39, 0.29) is 0 Å². The molecule has 0 aliphatic rings. The Kier molecular flexibility index (Phi) is 7.32. The Bertz CT molecular complexity index is 1400. The monoisotopic (exact) mass is 503 g/mol. The van der Waals surface area contributed by atoms with Gasteiger partial charge in [-0.05, 0) is 36.4 Å². The van der Waals surface area contributed by atoms with Crippen LogP contribution < -0.4 is 19.5 Å². The quantitative estimate of drug-likeness (QED) is 0.343. The second-order valence-corrected chi connectivity index (χ2v) is 8.46.